The van der Waals surface area contributed by atoms with Crippen LogP contribution < -0.4 is 10.2 Å². The van der Waals surface area contributed by atoms with Crippen LogP contribution in [-0.2, 0) is 11.8 Å². The second-order valence-corrected chi connectivity index (χ2v) is 8.25. The fourth-order valence-electron chi connectivity index (χ4n) is 4.40. The number of para-hydroxylation sites is 1. The molecule has 3 heterocycles. The number of carbonyl (C=O) groups excluding carboxylic acids is 1. The molecule has 8 nitrogen and oxygen atoms in total. The predicted molar refractivity (Wildman–Crippen MR) is 139 cm³/mol. The molecule has 1 aromatic carbocycles. The molecule has 2 fully saturated rings. The third-order valence-electron chi connectivity index (χ3n) is 6.14. The van der Waals surface area contributed by atoms with Gasteiger partial charge in [-0.2, -0.15) is 5.10 Å². The molecule has 1 N–H and O–H groups in total. The number of hydrogen-bond acceptors (Lipinski definition) is 4. The molecule has 2 aliphatic heterocycles. The van der Waals surface area contributed by atoms with Gasteiger partial charge < -0.3 is 20.0 Å². The number of anilines is 1. The standard InChI is InChI=1S/C23H33N7O.HI/c1-3-24-23(30-10-9-19(18-30)20-15-26-27(2)17-20)25-16-22(31)29-13-11-28(12-14-29)21-7-5-4-6-8-21;/h4-8,15,17,19H,3,9-14,16,18H2,1-2H3,(H,24,25);1H. The Morgan fingerprint density at radius 2 is 1.88 bits per heavy atom. The smallest absolute Gasteiger partial charge is 0.244 e. The van der Waals surface area contributed by atoms with Gasteiger partial charge in [0.25, 0.3) is 0 Å². The third-order valence-corrected chi connectivity index (χ3v) is 6.14. The van der Waals surface area contributed by atoms with Gasteiger partial charge in [0.1, 0.15) is 6.54 Å². The van der Waals surface area contributed by atoms with Crippen LogP contribution in [0.3, 0.4) is 0 Å². The highest BCUT2D eigenvalue weighted by Crippen LogP contribution is 2.26. The van der Waals surface area contributed by atoms with Gasteiger partial charge in [0, 0.05) is 70.7 Å². The van der Waals surface area contributed by atoms with Gasteiger partial charge in [-0.25, -0.2) is 4.99 Å². The fourth-order valence-corrected chi connectivity index (χ4v) is 4.40. The van der Waals surface area contributed by atoms with Gasteiger partial charge in [-0.1, -0.05) is 18.2 Å². The van der Waals surface area contributed by atoms with Crippen molar-refractivity contribution in [1.82, 2.24) is 24.9 Å². The van der Waals surface area contributed by atoms with E-state index in [0.717, 1.165) is 58.2 Å². The first kappa shape index (κ1) is 24.3. The maximum absolute atomic E-state index is 12.8. The number of likely N-dealkylation sites (tertiary alicyclic amines) is 1. The molecule has 1 aromatic heterocycles. The lowest BCUT2D eigenvalue weighted by atomic mass is 10.0. The van der Waals surface area contributed by atoms with Crippen molar-refractivity contribution < 1.29 is 4.79 Å². The molecule has 9 heteroatoms. The Morgan fingerprint density at radius 3 is 2.53 bits per heavy atom. The van der Waals surface area contributed by atoms with Crippen LogP contribution in [0.4, 0.5) is 5.69 Å². The van der Waals surface area contributed by atoms with Gasteiger partial charge in [-0.3, -0.25) is 9.48 Å². The summed E-state index contributed by atoms with van der Waals surface area (Å²) < 4.78 is 1.85. The molecule has 1 atom stereocenters. The normalized spacial score (nSPS) is 19.1. The van der Waals surface area contributed by atoms with E-state index in [4.69, 9.17) is 0 Å². The number of halogens is 1. The van der Waals surface area contributed by atoms with Gasteiger partial charge in [-0.05, 0) is 31.0 Å². The zero-order valence-electron chi connectivity index (χ0n) is 19.0. The van der Waals surface area contributed by atoms with E-state index in [1.165, 1.54) is 11.3 Å². The van der Waals surface area contributed by atoms with Gasteiger partial charge in [0.2, 0.25) is 5.91 Å². The van der Waals surface area contributed by atoms with Crippen LogP contribution in [-0.4, -0.2) is 83.8 Å². The molecule has 0 spiro atoms. The summed E-state index contributed by atoms with van der Waals surface area (Å²) in [6.45, 7) is 8.10. The lowest BCUT2D eigenvalue weighted by Gasteiger charge is -2.36. The number of nitrogens with zero attached hydrogens (tertiary/aromatic N) is 6. The van der Waals surface area contributed by atoms with Crippen molar-refractivity contribution in [1.29, 1.82) is 0 Å². The van der Waals surface area contributed by atoms with Crippen LogP contribution in [0.1, 0.15) is 24.8 Å². The first-order valence-corrected chi connectivity index (χ1v) is 11.2. The number of benzene rings is 1. The second kappa shape index (κ2) is 11.5. The lowest BCUT2D eigenvalue weighted by molar-refractivity contribution is -0.129. The number of piperazine rings is 1. The zero-order valence-corrected chi connectivity index (χ0v) is 21.3. The van der Waals surface area contributed by atoms with Crippen molar-refractivity contribution in [3.05, 3.63) is 48.3 Å². The second-order valence-electron chi connectivity index (χ2n) is 8.25. The first-order valence-electron chi connectivity index (χ1n) is 11.2. The molecule has 2 saturated heterocycles. The van der Waals surface area contributed by atoms with E-state index < -0.39 is 0 Å². The summed E-state index contributed by atoms with van der Waals surface area (Å²) in [4.78, 5) is 24.0. The molecule has 1 amide bonds. The minimum atomic E-state index is 0. The highest BCUT2D eigenvalue weighted by Gasteiger charge is 2.27. The van der Waals surface area contributed by atoms with E-state index in [0.29, 0.717) is 5.92 Å². The molecule has 0 radical (unpaired) electrons. The zero-order chi connectivity index (χ0) is 21.6. The number of guanidine groups is 1. The number of carbonyl (C=O) groups is 1. The quantitative estimate of drug-likeness (QED) is 0.351. The summed E-state index contributed by atoms with van der Waals surface area (Å²) in [5.41, 5.74) is 2.49. The average molecular weight is 551 g/mol. The van der Waals surface area contributed by atoms with Gasteiger partial charge in [0.05, 0.1) is 6.20 Å². The summed E-state index contributed by atoms with van der Waals surface area (Å²) in [6.07, 6.45) is 5.12. The molecule has 0 saturated carbocycles. The van der Waals surface area contributed by atoms with Crippen LogP contribution >= 0.6 is 24.0 Å². The van der Waals surface area contributed by atoms with E-state index in [1.54, 1.807) is 0 Å². The monoisotopic (exact) mass is 551 g/mol. The highest BCUT2D eigenvalue weighted by atomic mass is 127. The van der Waals surface area contributed by atoms with Crippen molar-refractivity contribution in [3.63, 3.8) is 0 Å². The van der Waals surface area contributed by atoms with E-state index in [9.17, 15) is 4.79 Å². The van der Waals surface area contributed by atoms with Crippen molar-refractivity contribution in [2.45, 2.75) is 19.3 Å². The van der Waals surface area contributed by atoms with Crippen LogP contribution in [0, 0.1) is 0 Å². The number of aryl methyl sites for hydroxylation is 1. The number of aliphatic imine (C=N–C) groups is 1. The summed E-state index contributed by atoms with van der Waals surface area (Å²) in [6, 6.07) is 10.4. The Bertz CT molecular complexity index is 893. The number of rotatable bonds is 5. The van der Waals surface area contributed by atoms with Crippen LogP contribution in [0.5, 0.6) is 0 Å². The Labute approximate surface area is 207 Å². The maximum atomic E-state index is 12.8. The van der Waals surface area contributed by atoms with Crippen LogP contribution in [0.25, 0.3) is 0 Å². The predicted octanol–water partition coefficient (Wildman–Crippen LogP) is 2.14. The Hall–Kier alpha value is -2.30. The van der Waals surface area contributed by atoms with E-state index in [2.05, 4.69) is 62.6 Å². The van der Waals surface area contributed by atoms with Crippen LogP contribution in [0.15, 0.2) is 47.7 Å². The molecule has 0 bridgehead atoms. The number of nitrogens with one attached hydrogen (secondary N) is 1. The summed E-state index contributed by atoms with van der Waals surface area (Å²) in [5.74, 6) is 1.40. The molecule has 1 unspecified atom stereocenters. The maximum Gasteiger partial charge on any atom is 0.244 e. The minimum Gasteiger partial charge on any atom is -0.368 e. The molecule has 174 valence electrons. The summed E-state index contributed by atoms with van der Waals surface area (Å²) >= 11 is 0. The summed E-state index contributed by atoms with van der Waals surface area (Å²) in [5, 5.41) is 7.67. The van der Waals surface area contributed by atoms with E-state index in [-0.39, 0.29) is 36.4 Å². The molecule has 0 aliphatic carbocycles. The Balaban J connectivity index is 0.00000289. The number of amides is 1. The first-order chi connectivity index (χ1) is 15.1. The largest absolute Gasteiger partial charge is 0.368 e. The molecule has 4 rings (SSSR count). The summed E-state index contributed by atoms with van der Waals surface area (Å²) in [7, 11) is 1.95. The molecule has 32 heavy (non-hydrogen) atoms. The highest BCUT2D eigenvalue weighted by molar-refractivity contribution is 14.0. The van der Waals surface area contributed by atoms with Crippen LogP contribution in [0.2, 0.25) is 0 Å². The average Bonchev–Trinajstić information content (AvgIpc) is 3.46. The van der Waals surface area contributed by atoms with E-state index >= 15 is 0 Å². The lowest BCUT2D eigenvalue weighted by Crippen LogP contribution is -2.49. The topological polar surface area (TPSA) is 69.0 Å². The molecular formula is C23H34IN7O. The van der Waals surface area contributed by atoms with Crippen molar-refractivity contribution >= 4 is 41.5 Å². The van der Waals surface area contributed by atoms with Gasteiger partial charge in [0.15, 0.2) is 5.96 Å². The van der Waals surface area contributed by atoms with Crippen molar-refractivity contribution in [2.75, 3.05) is 57.3 Å². The number of aromatic nitrogens is 2. The SMILES string of the molecule is CCNC(=NCC(=O)N1CCN(c2ccccc2)CC1)N1CCC(c2cnn(C)c2)C1.I. The van der Waals surface area contributed by atoms with Crippen molar-refractivity contribution in [2.24, 2.45) is 12.0 Å². The molecule has 2 aromatic rings. The molecular weight excluding hydrogens is 517 g/mol. The third kappa shape index (κ3) is 5.93. The van der Waals surface area contributed by atoms with Crippen molar-refractivity contribution in [3.8, 4) is 0 Å². The Kier molecular flexibility index (Phi) is 8.77. The van der Waals surface area contributed by atoms with Gasteiger partial charge >= 0.3 is 0 Å². The molecule has 2 aliphatic rings. The number of hydrogen-bond donors (Lipinski definition) is 1. The Morgan fingerprint density at radius 1 is 1.12 bits per heavy atom. The minimum absolute atomic E-state index is 0. The fraction of sp³-hybridized carbons (Fsp3) is 0.522. The van der Waals surface area contributed by atoms with E-state index in [1.807, 2.05) is 28.9 Å². The van der Waals surface area contributed by atoms with Gasteiger partial charge in [-0.15, -0.1) is 24.0 Å².